The van der Waals surface area contributed by atoms with E-state index in [1.54, 1.807) is 6.07 Å². The van der Waals surface area contributed by atoms with Gasteiger partial charge in [-0.15, -0.1) is 0 Å². The molecule has 2 N–H and O–H groups in total. The molecule has 1 atom stereocenters. The summed E-state index contributed by atoms with van der Waals surface area (Å²) in [5, 5.41) is 4.72. The SMILES string of the molecule is CNC(=O)NC(=O)[C@@H](c1ccccc1)N1CCN(S(=O)(=O)c2ccc3c(c2)OCCCO3)CC1. The predicted molar refractivity (Wildman–Crippen MR) is 124 cm³/mol. The molecule has 4 rings (SSSR count). The summed E-state index contributed by atoms with van der Waals surface area (Å²) in [4.78, 5) is 26.7. The van der Waals surface area contributed by atoms with E-state index < -0.39 is 28.0 Å². The fourth-order valence-corrected chi connectivity index (χ4v) is 5.50. The van der Waals surface area contributed by atoms with Gasteiger partial charge >= 0.3 is 6.03 Å². The zero-order chi connectivity index (χ0) is 24.1. The smallest absolute Gasteiger partial charge is 0.321 e. The Kier molecular flexibility index (Phi) is 7.35. The lowest BCUT2D eigenvalue weighted by atomic mass is 10.0. The minimum Gasteiger partial charge on any atom is -0.490 e. The topological polar surface area (TPSA) is 117 Å². The Bertz CT molecular complexity index is 1130. The maximum atomic E-state index is 13.3. The molecule has 2 aromatic rings. The summed E-state index contributed by atoms with van der Waals surface area (Å²) >= 11 is 0. The van der Waals surface area contributed by atoms with E-state index >= 15 is 0 Å². The second-order valence-corrected chi connectivity index (χ2v) is 9.92. The lowest BCUT2D eigenvalue weighted by Gasteiger charge is -2.38. The number of urea groups is 1. The van der Waals surface area contributed by atoms with Crippen LogP contribution >= 0.6 is 0 Å². The molecule has 0 saturated carbocycles. The van der Waals surface area contributed by atoms with Crippen LogP contribution in [-0.4, -0.2) is 76.0 Å². The van der Waals surface area contributed by atoms with Gasteiger partial charge in [0.25, 0.3) is 0 Å². The normalized spacial score (nSPS) is 17.9. The number of hydrogen-bond donors (Lipinski definition) is 2. The summed E-state index contributed by atoms with van der Waals surface area (Å²) in [6.45, 7) is 2.04. The molecule has 11 heteroatoms. The second kappa shape index (κ2) is 10.4. The van der Waals surface area contributed by atoms with Gasteiger partial charge in [-0.1, -0.05) is 30.3 Å². The minimum atomic E-state index is -3.76. The second-order valence-electron chi connectivity index (χ2n) is 7.98. The number of carbonyl (C=O) groups is 2. The lowest BCUT2D eigenvalue weighted by Crippen LogP contribution is -2.53. The molecule has 1 saturated heterocycles. The molecule has 2 aliphatic rings. The van der Waals surface area contributed by atoms with E-state index in [2.05, 4.69) is 10.6 Å². The first kappa shape index (κ1) is 24.0. The Labute approximate surface area is 198 Å². The van der Waals surface area contributed by atoms with Gasteiger partial charge in [0.05, 0.1) is 18.1 Å². The van der Waals surface area contributed by atoms with E-state index in [-0.39, 0.29) is 18.0 Å². The first-order valence-electron chi connectivity index (χ1n) is 11.1. The summed E-state index contributed by atoms with van der Waals surface area (Å²) < 4.78 is 39.2. The van der Waals surface area contributed by atoms with Gasteiger partial charge in [0.15, 0.2) is 11.5 Å². The van der Waals surface area contributed by atoms with Crippen molar-refractivity contribution < 1.29 is 27.5 Å². The van der Waals surface area contributed by atoms with Gasteiger partial charge in [-0.05, 0) is 17.7 Å². The van der Waals surface area contributed by atoms with Crippen molar-refractivity contribution in [2.45, 2.75) is 17.4 Å². The molecular weight excluding hydrogens is 460 g/mol. The molecule has 0 radical (unpaired) electrons. The number of nitrogens with zero attached hydrogens (tertiary/aromatic N) is 2. The number of nitrogens with one attached hydrogen (secondary N) is 2. The molecule has 3 amide bonds. The molecular formula is C23H28N4O6S. The number of fused-ring (bicyclic) bond motifs is 1. The standard InChI is InChI=1S/C23H28N4O6S/c1-24-23(29)25-22(28)21(17-6-3-2-4-7-17)26-10-12-27(13-11-26)34(30,31)18-8-9-19-20(16-18)33-15-5-14-32-19/h2-4,6-9,16,21H,5,10-15H2,1H3,(H2,24,25,28,29)/t21-/m1/s1. The van der Waals surface area contributed by atoms with E-state index in [9.17, 15) is 18.0 Å². The lowest BCUT2D eigenvalue weighted by molar-refractivity contribution is -0.126. The molecule has 34 heavy (non-hydrogen) atoms. The molecule has 182 valence electrons. The Morgan fingerprint density at radius 2 is 1.62 bits per heavy atom. The van der Waals surface area contributed by atoms with Crippen molar-refractivity contribution in [2.24, 2.45) is 0 Å². The fourth-order valence-electron chi connectivity index (χ4n) is 4.06. The Balaban J connectivity index is 1.50. The van der Waals surface area contributed by atoms with Crippen molar-refractivity contribution in [3.05, 3.63) is 54.1 Å². The third-order valence-electron chi connectivity index (χ3n) is 5.82. The highest BCUT2D eigenvalue weighted by Crippen LogP contribution is 2.33. The number of carbonyl (C=O) groups excluding carboxylic acids is 2. The van der Waals surface area contributed by atoms with Crippen LogP contribution in [-0.2, 0) is 14.8 Å². The van der Waals surface area contributed by atoms with Crippen LogP contribution in [0.5, 0.6) is 11.5 Å². The highest BCUT2D eigenvalue weighted by atomic mass is 32.2. The first-order valence-corrected chi connectivity index (χ1v) is 12.6. The van der Waals surface area contributed by atoms with Crippen LogP contribution in [0.4, 0.5) is 4.79 Å². The van der Waals surface area contributed by atoms with Crippen molar-refractivity contribution in [1.82, 2.24) is 19.8 Å². The average molecular weight is 489 g/mol. The number of sulfonamides is 1. The molecule has 0 unspecified atom stereocenters. The number of amides is 3. The molecule has 10 nitrogen and oxygen atoms in total. The van der Waals surface area contributed by atoms with Crippen LogP contribution in [0.2, 0.25) is 0 Å². The number of benzene rings is 2. The van der Waals surface area contributed by atoms with Crippen LogP contribution < -0.4 is 20.1 Å². The summed E-state index contributed by atoms with van der Waals surface area (Å²) in [6, 6.07) is 12.5. The fraction of sp³-hybridized carbons (Fsp3) is 0.391. The van der Waals surface area contributed by atoms with Crippen molar-refractivity contribution in [2.75, 3.05) is 46.4 Å². The van der Waals surface area contributed by atoms with Crippen LogP contribution in [0.1, 0.15) is 18.0 Å². The van der Waals surface area contributed by atoms with Crippen LogP contribution in [0.25, 0.3) is 0 Å². The van der Waals surface area contributed by atoms with Crippen molar-refractivity contribution in [3.8, 4) is 11.5 Å². The third kappa shape index (κ3) is 5.16. The summed E-state index contributed by atoms with van der Waals surface area (Å²) in [5.41, 5.74) is 0.725. The largest absolute Gasteiger partial charge is 0.490 e. The maximum absolute atomic E-state index is 13.3. The average Bonchev–Trinajstić information content (AvgIpc) is 3.10. The monoisotopic (exact) mass is 488 g/mol. The number of rotatable bonds is 5. The number of imide groups is 1. The number of piperazine rings is 1. The zero-order valence-corrected chi connectivity index (χ0v) is 19.7. The van der Waals surface area contributed by atoms with Crippen LogP contribution in [0.3, 0.4) is 0 Å². The van der Waals surface area contributed by atoms with E-state index in [0.717, 1.165) is 12.0 Å². The van der Waals surface area contributed by atoms with Gasteiger partial charge in [-0.25, -0.2) is 13.2 Å². The van der Waals surface area contributed by atoms with E-state index in [1.165, 1.54) is 23.5 Å². The molecule has 1 fully saturated rings. The molecule has 0 bridgehead atoms. The zero-order valence-electron chi connectivity index (χ0n) is 18.9. The summed E-state index contributed by atoms with van der Waals surface area (Å²) in [5.74, 6) is 0.492. The Morgan fingerprint density at radius 3 is 2.29 bits per heavy atom. The van der Waals surface area contributed by atoms with Gasteiger partial charge < -0.3 is 14.8 Å². The molecule has 0 aromatic heterocycles. The molecule has 0 spiro atoms. The van der Waals surface area contributed by atoms with E-state index in [0.29, 0.717) is 37.8 Å². The van der Waals surface area contributed by atoms with Crippen LogP contribution in [0.15, 0.2) is 53.4 Å². The van der Waals surface area contributed by atoms with Crippen molar-refractivity contribution in [3.63, 3.8) is 0 Å². The third-order valence-corrected chi connectivity index (χ3v) is 7.72. The van der Waals surface area contributed by atoms with Gasteiger partial charge in [0.1, 0.15) is 6.04 Å². The quantitative estimate of drug-likeness (QED) is 0.652. The highest BCUT2D eigenvalue weighted by Gasteiger charge is 2.35. The van der Waals surface area contributed by atoms with E-state index in [4.69, 9.17) is 9.47 Å². The van der Waals surface area contributed by atoms with Crippen LogP contribution in [0, 0.1) is 0 Å². The van der Waals surface area contributed by atoms with Crippen molar-refractivity contribution in [1.29, 1.82) is 0 Å². The first-order chi connectivity index (χ1) is 16.4. The van der Waals surface area contributed by atoms with Gasteiger partial charge in [-0.2, -0.15) is 4.31 Å². The summed E-state index contributed by atoms with van der Waals surface area (Å²) in [7, 11) is -2.32. The predicted octanol–water partition coefficient (Wildman–Crippen LogP) is 1.35. The van der Waals surface area contributed by atoms with Crippen molar-refractivity contribution >= 4 is 22.0 Å². The maximum Gasteiger partial charge on any atom is 0.321 e. The molecule has 2 heterocycles. The van der Waals surface area contributed by atoms with Gasteiger partial charge in [0, 0.05) is 45.7 Å². The van der Waals surface area contributed by atoms with Gasteiger partial charge in [0.2, 0.25) is 15.9 Å². The Morgan fingerprint density at radius 1 is 0.941 bits per heavy atom. The number of hydrogen-bond acceptors (Lipinski definition) is 7. The minimum absolute atomic E-state index is 0.141. The van der Waals surface area contributed by atoms with E-state index in [1.807, 2.05) is 35.2 Å². The number of ether oxygens (including phenoxy) is 2. The Hall–Kier alpha value is -3.15. The highest BCUT2D eigenvalue weighted by molar-refractivity contribution is 7.89. The molecule has 2 aromatic carbocycles. The van der Waals surface area contributed by atoms with Gasteiger partial charge in [-0.3, -0.25) is 15.0 Å². The molecule has 0 aliphatic carbocycles. The molecule has 2 aliphatic heterocycles. The summed E-state index contributed by atoms with van der Waals surface area (Å²) in [6.07, 6.45) is 0.731.